The quantitative estimate of drug-likeness (QED) is 0.925. The minimum Gasteiger partial charge on any atom is -0.378 e. The highest BCUT2D eigenvalue weighted by molar-refractivity contribution is 6.04. The van der Waals surface area contributed by atoms with Gasteiger partial charge in [-0.05, 0) is 37.4 Å². The average Bonchev–Trinajstić information content (AvgIpc) is 2.62. The Hall–Kier alpha value is -2.60. The van der Waals surface area contributed by atoms with E-state index in [9.17, 15) is 4.79 Å². The lowest BCUT2D eigenvalue weighted by Gasteiger charge is -2.33. The number of anilines is 3. The molecule has 6 nitrogen and oxygen atoms in total. The molecule has 0 radical (unpaired) electrons. The first kappa shape index (κ1) is 17.2. The summed E-state index contributed by atoms with van der Waals surface area (Å²) in [5, 5.41) is 2.97. The highest BCUT2D eigenvalue weighted by Gasteiger charge is 2.16. The number of likely N-dealkylation sites (N-methyl/N-ethyl adjacent to an activating group) is 1. The molecule has 2 aromatic rings. The molecule has 1 fully saturated rings. The molecule has 1 aliphatic heterocycles. The van der Waals surface area contributed by atoms with Gasteiger partial charge in [0, 0.05) is 63.4 Å². The van der Waals surface area contributed by atoms with Gasteiger partial charge < -0.3 is 20.0 Å². The van der Waals surface area contributed by atoms with Crippen LogP contribution < -0.4 is 15.1 Å². The molecule has 1 amide bonds. The fraction of sp³-hybridized carbons (Fsp3) is 0.368. The lowest BCUT2D eigenvalue weighted by molar-refractivity contribution is 0.102. The number of carbonyl (C=O) groups excluding carboxylic acids is 1. The molecule has 0 unspecified atom stereocenters. The third kappa shape index (κ3) is 4.28. The number of amides is 1. The molecule has 3 rings (SSSR count). The van der Waals surface area contributed by atoms with Crippen LogP contribution in [-0.4, -0.2) is 63.1 Å². The van der Waals surface area contributed by atoms with Crippen molar-refractivity contribution in [2.24, 2.45) is 0 Å². The molecule has 1 saturated heterocycles. The van der Waals surface area contributed by atoms with Gasteiger partial charge in [0.05, 0.1) is 0 Å². The number of benzene rings is 1. The van der Waals surface area contributed by atoms with E-state index in [0.29, 0.717) is 5.56 Å². The van der Waals surface area contributed by atoms with E-state index in [1.165, 1.54) is 0 Å². The van der Waals surface area contributed by atoms with Crippen molar-refractivity contribution in [1.29, 1.82) is 0 Å². The molecule has 6 heteroatoms. The SMILES string of the molecule is CN1CCN(c2cc(C(=O)Nc3cccc(N(C)C)c3)ccn2)CC1. The minimum atomic E-state index is -0.117. The maximum atomic E-state index is 12.6. The van der Waals surface area contributed by atoms with Crippen LogP contribution >= 0.6 is 0 Å². The average molecular weight is 339 g/mol. The summed E-state index contributed by atoms with van der Waals surface area (Å²) in [5.41, 5.74) is 2.46. The Morgan fingerprint density at radius 2 is 1.88 bits per heavy atom. The van der Waals surface area contributed by atoms with Crippen LogP contribution in [0.15, 0.2) is 42.6 Å². The van der Waals surface area contributed by atoms with E-state index in [2.05, 4.69) is 27.1 Å². The second-order valence-corrected chi connectivity index (χ2v) is 6.59. The van der Waals surface area contributed by atoms with E-state index in [-0.39, 0.29) is 5.91 Å². The van der Waals surface area contributed by atoms with Crippen molar-refractivity contribution in [1.82, 2.24) is 9.88 Å². The number of nitrogens with zero attached hydrogens (tertiary/aromatic N) is 4. The smallest absolute Gasteiger partial charge is 0.255 e. The Balaban J connectivity index is 1.72. The molecule has 1 aromatic carbocycles. The fourth-order valence-corrected chi connectivity index (χ4v) is 2.83. The summed E-state index contributed by atoms with van der Waals surface area (Å²) in [6.45, 7) is 3.88. The topological polar surface area (TPSA) is 51.7 Å². The normalized spacial score (nSPS) is 15.1. The summed E-state index contributed by atoms with van der Waals surface area (Å²) < 4.78 is 0. The molecule has 132 valence electrons. The third-order valence-electron chi connectivity index (χ3n) is 4.46. The number of pyridine rings is 1. The Bertz CT molecular complexity index is 738. The highest BCUT2D eigenvalue weighted by atomic mass is 16.1. The van der Waals surface area contributed by atoms with Crippen LogP contribution in [0.4, 0.5) is 17.2 Å². The third-order valence-corrected chi connectivity index (χ3v) is 4.46. The van der Waals surface area contributed by atoms with Gasteiger partial charge in [0.2, 0.25) is 0 Å². The van der Waals surface area contributed by atoms with Crippen molar-refractivity contribution in [3.05, 3.63) is 48.2 Å². The van der Waals surface area contributed by atoms with E-state index >= 15 is 0 Å². The van der Waals surface area contributed by atoms with Gasteiger partial charge in [-0.25, -0.2) is 4.98 Å². The van der Waals surface area contributed by atoms with Gasteiger partial charge in [0.1, 0.15) is 5.82 Å². The van der Waals surface area contributed by atoms with Gasteiger partial charge in [-0.1, -0.05) is 6.07 Å². The molecular formula is C19H25N5O. The summed E-state index contributed by atoms with van der Waals surface area (Å²) in [6, 6.07) is 11.4. The van der Waals surface area contributed by atoms with E-state index in [1.54, 1.807) is 12.3 Å². The Morgan fingerprint density at radius 1 is 1.12 bits per heavy atom. The van der Waals surface area contributed by atoms with Crippen molar-refractivity contribution in [2.45, 2.75) is 0 Å². The van der Waals surface area contributed by atoms with Crippen LogP contribution in [0.25, 0.3) is 0 Å². The predicted octanol–water partition coefficient (Wildman–Crippen LogP) is 2.15. The zero-order valence-corrected chi connectivity index (χ0v) is 15.1. The molecule has 0 aliphatic carbocycles. The Kier molecular flexibility index (Phi) is 5.19. The van der Waals surface area contributed by atoms with Crippen molar-refractivity contribution < 1.29 is 4.79 Å². The molecule has 0 spiro atoms. The minimum absolute atomic E-state index is 0.117. The lowest BCUT2D eigenvalue weighted by Crippen LogP contribution is -2.44. The highest BCUT2D eigenvalue weighted by Crippen LogP contribution is 2.19. The first-order chi connectivity index (χ1) is 12.0. The molecular weight excluding hydrogens is 314 g/mol. The summed E-state index contributed by atoms with van der Waals surface area (Å²) in [6.07, 6.45) is 1.71. The number of hydrogen-bond donors (Lipinski definition) is 1. The van der Waals surface area contributed by atoms with Gasteiger partial charge in [0.25, 0.3) is 5.91 Å². The van der Waals surface area contributed by atoms with Crippen molar-refractivity contribution in [3.63, 3.8) is 0 Å². The van der Waals surface area contributed by atoms with Crippen molar-refractivity contribution >= 4 is 23.1 Å². The summed E-state index contributed by atoms with van der Waals surface area (Å²) >= 11 is 0. The van der Waals surface area contributed by atoms with E-state index < -0.39 is 0 Å². The zero-order chi connectivity index (χ0) is 17.8. The van der Waals surface area contributed by atoms with Crippen LogP contribution in [-0.2, 0) is 0 Å². The monoisotopic (exact) mass is 339 g/mol. The number of nitrogens with one attached hydrogen (secondary N) is 1. The number of carbonyl (C=O) groups is 1. The van der Waals surface area contributed by atoms with E-state index in [4.69, 9.17) is 0 Å². The molecule has 1 N–H and O–H groups in total. The molecule has 0 atom stereocenters. The maximum Gasteiger partial charge on any atom is 0.255 e. The lowest BCUT2D eigenvalue weighted by atomic mass is 10.2. The number of piperazine rings is 1. The van der Waals surface area contributed by atoms with Gasteiger partial charge in [-0.2, -0.15) is 0 Å². The maximum absolute atomic E-state index is 12.6. The molecule has 1 aliphatic rings. The second-order valence-electron chi connectivity index (χ2n) is 6.59. The molecule has 25 heavy (non-hydrogen) atoms. The molecule has 1 aromatic heterocycles. The summed E-state index contributed by atoms with van der Waals surface area (Å²) in [7, 11) is 6.08. The van der Waals surface area contributed by atoms with Crippen molar-refractivity contribution in [3.8, 4) is 0 Å². The Morgan fingerprint density at radius 3 is 2.60 bits per heavy atom. The largest absolute Gasteiger partial charge is 0.378 e. The van der Waals surface area contributed by atoms with Crippen LogP contribution in [0.1, 0.15) is 10.4 Å². The second kappa shape index (κ2) is 7.53. The predicted molar refractivity (Wildman–Crippen MR) is 103 cm³/mol. The van der Waals surface area contributed by atoms with E-state index in [0.717, 1.165) is 43.4 Å². The van der Waals surface area contributed by atoms with Crippen LogP contribution in [0.3, 0.4) is 0 Å². The Labute approximate surface area is 149 Å². The van der Waals surface area contributed by atoms with Crippen LogP contribution in [0, 0.1) is 0 Å². The summed E-state index contributed by atoms with van der Waals surface area (Å²) in [5.74, 6) is 0.747. The number of hydrogen-bond acceptors (Lipinski definition) is 5. The van der Waals surface area contributed by atoms with Gasteiger partial charge in [-0.15, -0.1) is 0 Å². The van der Waals surface area contributed by atoms with Gasteiger partial charge in [-0.3, -0.25) is 4.79 Å². The first-order valence-electron chi connectivity index (χ1n) is 8.51. The molecule has 0 bridgehead atoms. The van der Waals surface area contributed by atoms with Gasteiger partial charge >= 0.3 is 0 Å². The van der Waals surface area contributed by atoms with Crippen LogP contribution in [0.2, 0.25) is 0 Å². The van der Waals surface area contributed by atoms with Crippen LogP contribution in [0.5, 0.6) is 0 Å². The van der Waals surface area contributed by atoms with E-state index in [1.807, 2.05) is 49.3 Å². The fourth-order valence-electron chi connectivity index (χ4n) is 2.83. The standard InChI is InChI=1S/C19H25N5O/c1-22(2)17-6-4-5-16(14-17)21-19(25)15-7-8-20-18(13-15)24-11-9-23(3)10-12-24/h4-8,13-14H,9-12H2,1-3H3,(H,21,25). The number of aromatic nitrogens is 1. The first-order valence-corrected chi connectivity index (χ1v) is 8.51. The number of rotatable bonds is 4. The molecule has 2 heterocycles. The van der Waals surface area contributed by atoms with Crippen molar-refractivity contribution in [2.75, 3.05) is 62.4 Å². The molecule has 0 saturated carbocycles. The summed E-state index contributed by atoms with van der Waals surface area (Å²) in [4.78, 5) is 23.6. The zero-order valence-electron chi connectivity index (χ0n) is 15.1. The van der Waals surface area contributed by atoms with Gasteiger partial charge in [0.15, 0.2) is 0 Å².